The first-order valence-electron chi connectivity index (χ1n) is 45.0. The molecule has 0 bridgehead atoms. The summed E-state index contributed by atoms with van der Waals surface area (Å²) in [5.74, 6) is -0.529. The summed E-state index contributed by atoms with van der Waals surface area (Å²) in [6, 6.07) is 0. The van der Waals surface area contributed by atoms with E-state index in [9.17, 15) is 43.2 Å². The standard InChI is InChI=1S/C87H170O17P2/c1-7-9-11-13-15-17-19-21-22-23-24-25-26-27-28-31-35-41-47-53-59-65-71-86(91)103-82(76-98-85(90)70-64-58-52-46-40-34-32-29-30-33-37-43-49-55-61-67-79(3)4)77-101-105(93,94)99-73-81(88)74-100-106(95,96)102-78-83(75-97-84(89)69-63-57-51-45-39-20-18-16-14-12-10-8-2)104-87(92)72-66-60-54-48-42-36-38-44-50-56-62-68-80(5)6/h79-83,88H,7-78H2,1-6H3,(H,93,94)(H,95,96)/t81-,82-,83-/m1/s1. The van der Waals surface area contributed by atoms with E-state index in [1.54, 1.807) is 0 Å². The molecular weight excluding hydrogens is 1380 g/mol. The third-order valence-corrected chi connectivity index (χ3v) is 22.4. The Kier molecular flexibility index (Phi) is 76.9. The number of hydrogen-bond donors (Lipinski definition) is 3. The van der Waals surface area contributed by atoms with Crippen molar-refractivity contribution in [2.24, 2.45) is 11.8 Å². The number of phosphoric ester groups is 2. The predicted octanol–water partition coefficient (Wildman–Crippen LogP) is 26.6. The fraction of sp³-hybridized carbons (Fsp3) is 0.954. The number of unbranched alkanes of at least 4 members (excludes halogenated alkanes) is 56. The number of hydrogen-bond acceptors (Lipinski definition) is 15. The van der Waals surface area contributed by atoms with E-state index in [4.69, 9.17) is 37.0 Å². The van der Waals surface area contributed by atoms with Crippen LogP contribution in [0.2, 0.25) is 0 Å². The monoisotopic (exact) mass is 1550 g/mol. The van der Waals surface area contributed by atoms with Crippen molar-refractivity contribution in [3.63, 3.8) is 0 Å². The number of aliphatic hydroxyl groups is 1. The van der Waals surface area contributed by atoms with Gasteiger partial charge in [0, 0.05) is 25.7 Å². The maximum atomic E-state index is 13.2. The largest absolute Gasteiger partial charge is 0.472 e. The van der Waals surface area contributed by atoms with Crippen LogP contribution in [0.25, 0.3) is 0 Å². The minimum Gasteiger partial charge on any atom is -0.462 e. The Labute approximate surface area is 651 Å². The molecule has 106 heavy (non-hydrogen) atoms. The molecule has 0 aliphatic carbocycles. The number of aliphatic hydroxyl groups excluding tert-OH is 1. The lowest BCUT2D eigenvalue weighted by Gasteiger charge is -2.21. The molecule has 0 heterocycles. The topological polar surface area (TPSA) is 237 Å². The molecule has 0 aromatic carbocycles. The van der Waals surface area contributed by atoms with Crippen LogP contribution in [-0.4, -0.2) is 96.7 Å². The normalized spacial score (nSPS) is 13.8. The average molecular weight is 1550 g/mol. The minimum absolute atomic E-state index is 0.107. The Morgan fingerprint density at radius 1 is 0.255 bits per heavy atom. The van der Waals surface area contributed by atoms with Crippen molar-refractivity contribution in [2.45, 2.75) is 484 Å². The number of carbonyl (C=O) groups is 4. The molecule has 630 valence electrons. The van der Waals surface area contributed by atoms with Gasteiger partial charge < -0.3 is 33.8 Å². The zero-order valence-electron chi connectivity index (χ0n) is 69.7. The highest BCUT2D eigenvalue weighted by Crippen LogP contribution is 2.45. The van der Waals surface area contributed by atoms with Crippen LogP contribution in [0.15, 0.2) is 0 Å². The lowest BCUT2D eigenvalue weighted by atomic mass is 10.0. The second-order valence-corrected chi connectivity index (χ2v) is 35.1. The molecule has 0 rings (SSSR count). The van der Waals surface area contributed by atoms with E-state index in [1.165, 1.54) is 283 Å². The van der Waals surface area contributed by atoms with Crippen molar-refractivity contribution in [1.82, 2.24) is 0 Å². The fourth-order valence-electron chi connectivity index (χ4n) is 13.6. The van der Waals surface area contributed by atoms with Gasteiger partial charge in [-0.3, -0.25) is 37.3 Å². The Hall–Kier alpha value is -1.94. The van der Waals surface area contributed by atoms with Crippen LogP contribution in [0.3, 0.4) is 0 Å². The molecule has 19 heteroatoms. The maximum Gasteiger partial charge on any atom is 0.472 e. The van der Waals surface area contributed by atoms with Gasteiger partial charge in [-0.1, -0.05) is 414 Å². The number of carbonyl (C=O) groups excluding carboxylic acids is 4. The van der Waals surface area contributed by atoms with Crippen molar-refractivity contribution in [2.75, 3.05) is 39.6 Å². The third kappa shape index (κ3) is 80.1. The molecule has 3 N–H and O–H groups in total. The van der Waals surface area contributed by atoms with Crippen LogP contribution in [0.4, 0.5) is 0 Å². The van der Waals surface area contributed by atoms with Crippen molar-refractivity contribution >= 4 is 39.5 Å². The smallest absolute Gasteiger partial charge is 0.462 e. The van der Waals surface area contributed by atoms with Crippen LogP contribution >= 0.6 is 15.6 Å². The van der Waals surface area contributed by atoms with Gasteiger partial charge in [0.2, 0.25) is 0 Å². The van der Waals surface area contributed by atoms with E-state index in [-0.39, 0.29) is 25.7 Å². The molecule has 0 saturated carbocycles. The van der Waals surface area contributed by atoms with Crippen LogP contribution in [0.1, 0.15) is 465 Å². The summed E-state index contributed by atoms with van der Waals surface area (Å²) in [7, 11) is -9.93. The molecule has 0 aromatic heterocycles. The first-order chi connectivity index (χ1) is 51.4. The summed E-state index contributed by atoms with van der Waals surface area (Å²) in [5, 5.41) is 10.7. The van der Waals surface area contributed by atoms with Crippen LogP contribution < -0.4 is 0 Å². The second-order valence-electron chi connectivity index (χ2n) is 32.2. The zero-order valence-corrected chi connectivity index (χ0v) is 71.5. The van der Waals surface area contributed by atoms with Gasteiger partial charge in [-0.25, -0.2) is 9.13 Å². The molecule has 5 atom stereocenters. The van der Waals surface area contributed by atoms with Gasteiger partial charge in [-0.2, -0.15) is 0 Å². The summed E-state index contributed by atoms with van der Waals surface area (Å²) < 4.78 is 68.9. The van der Waals surface area contributed by atoms with Crippen LogP contribution in [0.5, 0.6) is 0 Å². The molecular formula is C87H170O17P2. The van der Waals surface area contributed by atoms with E-state index >= 15 is 0 Å². The molecule has 0 fully saturated rings. The van der Waals surface area contributed by atoms with Crippen molar-refractivity contribution in [1.29, 1.82) is 0 Å². The van der Waals surface area contributed by atoms with Crippen molar-refractivity contribution < 1.29 is 80.2 Å². The Morgan fingerprint density at radius 2 is 0.434 bits per heavy atom. The zero-order chi connectivity index (χ0) is 77.8. The lowest BCUT2D eigenvalue weighted by molar-refractivity contribution is -0.161. The summed E-state index contributed by atoms with van der Waals surface area (Å²) >= 11 is 0. The SMILES string of the molecule is CCCCCCCCCCCCCCCCCCCCCCCCC(=O)O[C@H](COC(=O)CCCCCCCCCCCCCCCCCC(C)C)COP(=O)(O)OC[C@@H](O)COP(=O)(O)OC[C@@H](COC(=O)CCCCCCCCCCCCCC)OC(=O)CCCCCCCCCCCCCC(C)C. The van der Waals surface area contributed by atoms with E-state index in [2.05, 4.69) is 41.5 Å². The number of phosphoric acid groups is 2. The second kappa shape index (κ2) is 78.3. The Bertz CT molecular complexity index is 2030. The average Bonchev–Trinajstić information content (AvgIpc) is 0.941. The predicted molar refractivity (Wildman–Crippen MR) is 437 cm³/mol. The molecule has 0 spiro atoms. The van der Waals surface area contributed by atoms with E-state index in [0.717, 1.165) is 102 Å². The van der Waals surface area contributed by atoms with Crippen molar-refractivity contribution in [3.8, 4) is 0 Å². The van der Waals surface area contributed by atoms with Gasteiger partial charge in [-0.15, -0.1) is 0 Å². The van der Waals surface area contributed by atoms with E-state index in [1.807, 2.05) is 0 Å². The number of esters is 4. The maximum absolute atomic E-state index is 13.2. The minimum atomic E-state index is -4.97. The van der Waals surface area contributed by atoms with Gasteiger partial charge >= 0.3 is 39.5 Å². The highest BCUT2D eigenvalue weighted by atomic mass is 31.2. The van der Waals surface area contributed by atoms with Gasteiger partial charge in [0.15, 0.2) is 12.2 Å². The van der Waals surface area contributed by atoms with Gasteiger partial charge in [0.1, 0.15) is 19.3 Å². The van der Waals surface area contributed by atoms with E-state index < -0.39 is 97.5 Å². The lowest BCUT2D eigenvalue weighted by Crippen LogP contribution is -2.30. The molecule has 0 saturated heterocycles. The molecule has 0 amide bonds. The highest BCUT2D eigenvalue weighted by molar-refractivity contribution is 7.47. The van der Waals surface area contributed by atoms with Gasteiger partial charge in [0.05, 0.1) is 26.4 Å². The third-order valence-electron chi connectivity index (χ3n) is 20.5. The number of rotatable bonds is 86. The number of ether oxygens (including phenoxy) is 4. The van der Waals surface area contributed by atoms with Crippen molar-refractivity contribution in [3.05, 3.63) is 0 Å². The summed E-state index contributed by atoms with van der Waals surface area (Å²) in [4.78, 5) is 73.3. The summed E-state index contributed by atoms with van der Waals surface area (Å²) in [5.41, 5.74) is 0. The first kappa shape index (κ1) is 104. The molecule has 2 unspecified atom stereocenters. The molecule has 17 nitrogen and oxygen atoms in total. The molecule has 0 aliphatic heterocycles. The fourth-order valence-corrected chi connectivity index (χ4v) is 15.2. The van der Waals surface area contributed by atoms with Crippen LogP contribution in [-0.2, 0) is 65.4 Å². The Balaban J connectivity index is 5.23. The summed E-state index contributed by atoms with van der Waals surface area (Å²) in [6.45, 7) is 9.70. The molecule has 0 radical (unpaired) electrons. The molecule has 0 aromatic rings. The van der Waals surface area contributed by atoms with Gasteiger partial charge in [0.25, 0.3) is 0 Å². The van der Waals surface area contributed by atoms with E-state index in [0.29, 0.717) is 25.7 Å². The molecule has 0 aliphatic rings. The highest BCUT2D eigenvalue weighted by Gasteiger charge is 2.30. The van der Waals surface area contributed by atoms with Crippen LogP contribution in [0, 0.1) is 11.8 Å². The van der Waals surface area contributed by atoms with Gasteiger partial charge in [-0.05, 0) is 37.5 Å². The quantitative estimate of drug-likeness (QED) is 0.0222. The summed E-state index contributed by atoms with van der Waals surface area (Å²) in [6.07, 6.45) is 70.8. The Morgan fingerprint density at radius 3 is 0.642 bits per heavy atom. The first-order valence-corrected chi connectivity index (χ1v) is 48.0.